The van der Waals surface area contributed by atoms with Gasteiger partial charge in [-0.05, 0) is 35.5 Å². The van der Waals surface area contributed by atoms with Gasteiger partial charge in [0.15, 0.2) is 6.61 Å². The molecular formula is C17H17F2N5O5S. The second kappa shape index (κ2) is 8.59. The number of nitrogens with one attached hydrogen (secondary N) is 1. The van der Waals surface area contributed by atoms with Gasteiger partial charge in [0.25, 0.3) is 5.91 Å². The number of carbonyl (C=O) groups is 1. The monoisotopic (exact) mass is 441 g/mol. The van der Waals surface area contributed by atoms with Crippen molar-refractivity contribution in [2.24, 2.45) is 0 Å². The number of fused-ring (bicyclic) bond motifs is 1. The van der Waals surface area contributed by atoms with Gasteiger partial charge in [-0.3, -0.25) is 4.79 Å². The van der Waals surface area contributed by atoms with Crippen molar-refractivity contribution in [1.82, 2.24) is 19.5 Å². The van der Waals surface area contributed by atoms with Gasteiger partial charge in [0.05, 0.1) is 10.6 Å². The molecule has 0 radical (unpaired) electrons. The molecule has 1 amide bonds. The number of para-hydroxylation sites is 2. The molecule has 0 saturated carbocycles. The van der Waals surface area contributed by atoms with Crippen LogP contribution in [0.4, 0.5) is 14.5 Å². The maximum atomic E-state index is 12.5. The maximum Gasteiger partial charge on any atom is 0.387 e. The van der Waals surface area contributed by atoms with E-state index in [0.717, 1.165) is 9.15 Å². The number of benzene rings is 2. The molecule has 0 unspecified atom stereocenters. The number of hydrogen-bond acceptors (Lipinski definition) is 7. The average Bonchev–Trinajstić information content (AvgIpc) is 3.09. The third kappa shape index (κ3) is 4.63. The third-order valence-corrected chi connectivity index (χ3v) is 5.67. The van der Waals surface area contributed by atoms with E-state index in [4.69, 9.17) is 4.84 Å². The molecule has 30 heavy (non-hydrogen) atoms. The molecule has 10 nitrogen and oxygen atoms in total. The molecular weight excluding hydrogens is 424 g/mol. The van der Waals surface area contributed by atoms with Crippen LogP contribution >= 0.6 is 0 Å². The summed E-state index contributed by atoms with van der Waals surface area (Å²) in [4.78, 5) is 18.3. The normalized spacial score (nSPS) is 11.8. The van der Waals surface area contributed by atoms with Crippen LogP contribution in [0.25, 0.3) is 11.0 Å². The number of anilines is 1. The molecule has 0 saturated heterocycles. The molecule has 2 aromatic carbocycles. The van der Waals surface area contributed by atoms with Gasteiger partial charge in [0, 0.05) is 14.1 Å². The molecule has 0 atom stereocenters. The standard InChI is InChI=1S/C17H17F2N5O5S/c1-23(2)30(26,27)11-7-8-12-14(9-11)24(22-21-12)28-10-16(25)20-13-5-3-4-6-15(13)29-17(18)19/h3-9,17H,10H2,1-2H3,(H,20,25). The van der Waals surface area contributed by atoms with Gasteiger partial charge in [0.2, 0.25) is 10.0 Å². The zero-order valence-electron chi connectivity index (χ0n) is 15.8. The van der Waals surface area contributed by atoms with E-state index in [1.807, 2.05) is 0 Å². The molecule has 13 heteroatoms. The van der Waals surface area contributed by atoms with Crippen molar-refractivity contribution in [1.29, 1.82) is 0 Å². The highest BCUT2D eigenvalue weighted by atomic mass is 32.2. The first-order valence-corrected chi connectivity index (χ1v) is 9.87. The largest absolute Gasteiger partial charge is 0.433 e. The Morgan fingerprint density at radius 3 is 2.67 bits per heavy atom. The Kier molecular flexibility index (Phi) is 6.12. The van der Waals surface area contributed by atoms with Crippen molar-refractivity contribution >= 4 is 32.7 Å². The number of ether oxygens (including phenoxy) is 1. The van der Waals surface area contributed by atoms with E-state index in [1.165, 1.54) is 56.6 Å². The highest BCUT2D eigenvalue weighted by Crippen LogP contribution is 2.25. The Labute approximate surface area is 170 Å². The Hall–Kier alpha value is -3.32. The minimum Gasteiger partial charge on any atom is -0.433 e. The summed E-state index contributed by atoms with van der Waals surface area (Å²) in [5.41, 5.74) is 0.616. The van der Waals surface area contributed by atoms with Crippen LogP contribution < -0.4 is 14.9 Å². The van der Waals surface area contributed by atoms with Gasteiger partial charge in [-0.15, -0.1) is 5.10 Å². The minimum atomic E-state index is -3.70. The first-order valence-electron chi connectivity index (χ1n) is 8.43. The molecule has 160 valence electrons. The van der Waals surface area contributed by atoms with Crippen LogP contribution in [-0.4, -0.2) is 61.1 Å². The number of halogens is 2. The summed E-state index contributed by atoms with van der Waals surface area (Å²) in [7, 11) is -0.907. The minimum absolute atomic E-state index is 0.00493. The summed E-state index contributed by atoms with van der Waals surface area (Å²) < 4.78 is 54.9. The topological polar surface area (TPSA) is 116 Å². The smallest absolute Gasteiger partial charge is 0.387 e. The third-order valence-electron chi connectivity index (χ3n) is 3.86. The summed E-state index contributed by atoms with van der Waals surface area (Å²) in [6.45, 7) is -3.60. The predicted molar refractivity (Wildman–Crippen MR) is 102 cm³/mol. The summed E-state index contributed by atoms with van der Waals surface area (Å²) in [5, 5.41) is 9.96. The number of nitrogens with zero attached hydrogens (tertiary/aromatic N) is 4. The Morgan fingerprint density at radius 1 is 1.23 bits per heavy atom. The van der Waals surface area contributed by atoms with E-state index in [-0.39, 0.29) is 21.8 Å². The van der Waals surface area contributed by atoms with Crippen LogP contribution in [0.3, 0.4) is 0 Å². The van der Waals surface area contributed by atoms with E-state index in [2.05, 4.69) is 20.4 Å². The van der Waals surface area contributed by atoms with Gasteiger partial charge < -0.3 is 14.9 Å². The molecule has 3 rings (SSSR count). The fourth-order valence-electron chi connectivity index (χ4n) is 2.42. The Balaban J connectivity index is 1.74. The Bertz CT molecular complexity index is 1170. The van der Waals surface area contributed by atoms with Gasteiger partial charge in [-0.1, -0.05) is 17.0 Å². The van der Waals surface area contributed by atoms with Crippen molar-refractivity contribution in [3.8, 4) is 5.75 Å². The second-order valence-corrected chi connectivity index (χ2v) is 8.25. The molecule has 0 aliphatic rings. The summed E-state index contributed by atoms with van der Waals surface area (Å²) in [6, 6.07) is 9.82. The van der Waals surface area contributed by atoms with Crippen LogP contribution in [0.15, 0.2) is 47.4 Å². The van der Waals surface area contributed by atoms with Crippen molar-refractivity contribution in [2.75, 3.05) is 26.0 Å². The van der Waals surface area contributed by atoms with Crippen molar-refractivity contribution in [3.63, 3.8) is 0 Å². The quantitative estimate of drug-likeness (QED) is 0.561. The first-order chi connectivity index (χ1) is 14.2. The molecule has 1 heterocycles. The summed E-state index contributed by atoms with van der Waals surface area (Å²) >= 11 is 0. The number of amides is 1. The van der Waals surface area contributed by atoms with Gasteiger partial charge in [0.1, 0.15) is 16.8 Å². The number of rotatable bonds is 8. The van der Waals surface area contributed by atoms with E-state index < -0.39 is 29.1 Å². The lowest BCUT2D eigenvalue weighted by atomic mass is 10.3. The van der Waals surface area contributed by atoms with Gasteiger partial charge in [-0.25, -0.2) is 12.7 Å². The number of hydrogen-bond donors (Lipinski definition) is 1. The molecule has 0 aliphatic heterocycles. The maximum absolute atomic E-state index is 12.5. The second-order valence-electron chi connectivity index (χ2n) is 6.10. The number of alkyl halides is 2. The fourth-order valence-corrected chi connectivity index (χ4v) is 3.34. The molecule has 0 aliphatic carbocycles. The van der Waals surface area contributed by atoms with E-state index in [9.17, 15) is 22.0 Å². The lowest BCUT2D eigenvalue weighted by Crippen LogP contribution is -2.26. The van der Waals surface area contributed by atoms with Gasteiger partial charge >= 0.3 is 6.61 Å². The first kappa shape index (κ1) is 21.4. The Morgan fingerprint density at radius 2 is 1.97 bits per heavy atom. The number of aromatic nitrogens is 3. The lowest BCUT2D eigenvalue weighted by Gasteiger charge is -2.12. The van der Waals surface area contributed by atoms with Crippen molar-refractivity contribution in [3.05, 3.63) is 42.5 Å². The van der Waals surface area contributed by atoms with E-state index in [0.29, 0.717) is 5.52 Å². The number of sulfonamides is 1. The fraction of sp³-hybridized carbons (Fsp3) is 0.235. The number of carbonyl (C=O) groups excluding carboxylic acids is 1. The molecule has 0 fully saturated rings. The van der Waals surface area contributed by atoms with Crippen LogP contribution in [-0.2, 0) is 14.8 Å². The van der Waals surface area contributed by atoms with Crippen LogP contribution in [0.5, 0.6) is 5.75 Å². The zero-order chi connectivity index (χ0) is 21.9. The summed E-state index contributed by atoms with van der Waals surface area (Å²) in [5.74, 6) is -0.883. The lowest BCUT2D eigenvalue weighted by molar-refractivity contribution is -0.121. The van der Waals surface area contributed by atoms with Crippen LogP contribution in [0, 0.1) is 0 Å². The molecule has 3 aromatic rings. The van der Waals surface area contributed by atoms with E-state index in [1.54, 1.807) is 0 Å². The molecule has 0 bridgehead atoms. The van der Waals surface area contributed by atoms with Crippen molar-refractivity contribution < 1.29 is 31.6 Å². The van der Waals surface area contributed by atoms with Crippen LogP contribution in [0.2, 0.25) is 0 Å². The van der Waals surface area contributed by atoms with Gasteiger partial charge in [-0.2, -0.15) is 8.78 Å². The van der Waals surface area contributed by atoms with Crippen LogP contribution in [0.1, 0.15) is 0 Å². The average molecular weight is 441 g/mol. The molecule has 0 spiro atoms. The van der Waals surface area contributed by atoms with E-state index >= 15 is 0 Å². The molecule has 1 aromatic heterocycles. The van der Waals surface area contributed by atoms with Crippen molar-refractivity contribution in [2.45, 2.75) is 11.5 Å². The predicted octanol–water partition coefficient (Wildman–Crippen LogP) is 1.35. The highest BCUT2D eigenvalue weighted by molar-refractivity contribution is 7.89. The highest BCUT2D eigenvalue weighted by Gasteiger charge is 2.19. The SMILES string of the molecule is CN(C)S(=O)(=O)c1ccc2nnn(OCC(=O)Nc3ccccc3OC(F)F)c2c1. The summed E-state index contributed by atoms with van der Waals surface area (Å²) in [6.07, 6.45) is 0. The zero-order valence-corrected chi connectivity index (χ0v) is 16.6. The molecule has 1 N–H and O–H groups in total.